The molecule has 0 radical (unpaired) electrons. The Hall–Kier alpha value is -1.97. The van der Waals surface area contributed by atoms with Crippen molar-refractivity contribution < 1.29 is 0 Å². The van der Waals surface area contributed by atoms with E-state index in [2.05, 4.69) is 61.2 Å². The Bertz CT molecular complexity index is 863. The number of aromatic nitrogens is 1. The molecule has 1 aromatic heterocycles. The minimum absolute atomic E-state index is 0.731. The summed E-state index contributed by atoms with van der Waals surface area (Å²) in [6.07, 6.45) is 3.12. The molecule has 3 N–H and O–H groups in total. The van der Waals surface area contributed by atoms with Gasteiger partial charge in [0.2, 0.25) is 0 Å². The molecule has 0 aliphatic heterocycles. The highest BCUT2D eigenvalue weighted by Crippen LogP contribution is 2.35. The third kappa shape index (κ3) is 3.68. The minimum Gasteiger partial charge on any atom is -0.378 e. The van der Waals surface area contributed by atoms with Gasteiger partial charge in [-0.05, 0) is 73.7 Å². The van der Waals surface area contributed by atoms with E-state index in [1.807, 2.05) is 6.07 Å². The van der Waals surface area contributed by atoms with Crippen LogP contribution in [-0.2, 0) is 6.42 Å². The van der Waals surface area contributed by atoms with E-state index in [0.717, 1.165) is 30.8 Å². The molecule has 0 amide bonds. The first-order valence-electron chi connectivity index (χ1n) is 8.79. The van der Waals surface area contributed by atoms with Crippen LogP contribution in [0.2, 0.25) is 5.02 Å². The van der Waals surface area contributed by atoms with Gasteiger partial charge in [-0.1, -0.05) is 23.7 Å². The van der Waals surface area contributed by atoms with E-state index in [1.165, 1.54) is 39.0 Å². The van der Waals surface area contributed by atoms with Gasteiger partial charge < -0.3 is 15.6 Å². The number of unbranched alkanes of at least 4 members (excludes halogenated alkanes) is 1. The van der Waals surface area contributed by atoms with Gasteiger partial charge in [0.05, 0.1) is 0 Å². The SMILES string of the molecule is Cc1cc(Cl)cc2c(CCCCN)c(-c3ccc(N(C)C)cc3)[nH]c12. The van der Waals surface area contributed by atoms with Crippen molar-refractivity contribution in [3.8, 4) is 11.3 Å². The number of anilines is 1. The molecule has 3 rings (SSSR count). The summed E-state index contributed by atoms with van der Waals surface area (Å²) in [6.45, 7) is 2.84. The Morgan fingerprint density at radius 2 is 1.80 bits per heavy atom. The second-order valence-electron chi connectivity index (χ2n) is 6.81. The lowest BCUT2D eigenvalue weighted by Crippen LogP contribution is -2.07. The zero-order valence-electron chi connectivity index (χ0n) is 15.2. The molecule has 3 nitrogen and oxygen atoms in total. The van der Waals surface area contributed by atoms with Crippen molar-refractivity contribution in [3.63, 3.8) is 0 Å². The van der Waals surface area contributed by atoms with Crippen LogP contribution >= 0.6 is 11.6 Å². The van der Waals surface area contributed by atoms with Crippen molar-refractivity contribution >= 4 is 28.2 Å². The number of H-pyrrole nitrogens is 1. The molecule has 0 saturated heterocycles. The number of rotatable bonds is 6. The van der Waals surface area contributed by atoms with Crippen LogP contribution in [0.4, 0.5) is 5.69 Å². The monoisotopic (exact) mass is 355 g/mol. The van der Waals surface area contributed by atoms with Gasteiger partial charge in [-0.3, -0.25) is 0 Å². The molecule has 0 atom stereocenters. The molecule has 0 unspecified atom stereocenters. The molecular weight excluding hydrogens is 330 g/mol. The largest absolute Gasteiger partial charge is 0.378 e. The van der Waals surface area contributed by atoms with Crippen LogP contribution < -0.4 is 10.6 Å². The lowest BCUT2D eigenvalue weighted by molar-refractivity contribution is 0.748. The van der Waals surface area contributed by atoms with Crippen molar-refractivity contribution in [1.29, 1.82) is 0 Å². The Morgan fingerprint density at radius 3 is 2.44 bits per heavy atom. The fraction of sp³-hybridized carbons (Fsp3) is 0.333. The highest BCUT2D eigenvalue weighted by molar-refractivity contribution is 6.31. The Labute approximate surface area is 154 Å². The van der Waals surface area contributed by atoms with Crippen molar-refractivity contribution in [2.24, 2.45) is 5.73 Å². The molecule has 0 saturated carbocycles. The Morgan fingerprint density at radius 1 is 1.08 bits per heavy atom. The number of hydrogen-bond acceptors (Lipinski definition) is 2. The predicted molar refractivity (Wildman–Crippen MR) is 110 cm³/mol. The lowest BCUT2D eigenvalue weighted by atomic mass is 9.99. The summed E-state index contributed by atoms with van der Waals surface area (Å²) in [5.41, 5.74) is 13.0. The number of fused-ring (bicyclic) bond motifs is 1. The van der Waals surface area contributed by atoms with Crippen LogP contribution in [0.15, 0.2) is 36.4 Å². The first kappa shape index (κ1) is 17.8. The fourth-order valence-corrected chi connectivity index (χ4v) is 3.63. The zero-order chi connectivity index (χ0) is 18.0. The van der Waals surface area contributed by atoms with Crippen LogP contribution in [-0.4, -0.2) is 25.6 Å². The lowest BCUT2D eigenvalue weighted by Gasteiger charge is -2.13. The van der Waals surface area contributed by atoms with Gasteiger partial charge in [0, 0.05) is 41.4 Å². The molecule has 0 fully saturated rings. The standard InChI is InChI=1S/C21H26ClN3/c1-14-12-16(22)13-19-18(6-4-5-11-23)21(24-20(14)19)15-7-9-17(10-8-15)25(2)3/h7-10,12-13,24H,4-6,11,23H2,1-3H3. The van der Waals surface area contributed by atoms with E-state index in [-0.39, 0.29) is 0 Å². The Kier molecular flexibility index (Phi) is 5.36. The average Bonchev–Trinajstić information content (AvgIpc) is 2.94. The summed E-state index contributed by atoms with van der Waals surface area (Å²) in [5.74, 6) is 0. The van der Waals surface area contributed by atoms with Crippen molar-refractivity contribution in [1.82, 2.24) is 4.98 Å². The summed E-state index contributed by atoms with van der Waals surface area (Å²) >= 11 is 6.33. The zero-order valence-corrected chi connectivity index (χ0v) is 16.0. The maximum atomic E-state index is 6.33. The quantitative estimate of drug-likeness (QED) is 0.601. The smallest absolute Gasteiger partial charge is 0.0497 e. The second-order valence-corrected chi connectivity index (χ2v) is 7.25. The summed E-state index contributed by atoms with van der Waals surface area (Å²) in [6, 6.07) is 12.8. The average molecular weight is 356 g/mol. The molecule has 25 heavy (non-hydrogen) atoms. The number of nitrogens with two attached hydrogens (primary N) is 1. The molecule has 132 valence electrons. The number of benzene rings is 2. The number of nitrogens with one attached hydrogen (secondary N) is 1. The molecule has 1 heterocycles. The number of hydrogen-bond donors (Lipinski definition) is 2. The van der Waals surface area contributed by atoms with Crippen molar-refractivity contribution in [3.05, 3.63) is 52.5 Å². The van der Waals surface area contributed by atoms with Gasteiger partial charge in [0.15, 0.2) is 0 Å². The summed E-state index contributed by atoms with van der Waals surface area (Å²) in [4.78, 5) is 5.76. The van der Waals surface area contributed by atoms with Gasteiger partial charge in [0.1, 0.15) is 0 Å². The van der Waals surface area contributed by atoms with E-state index in [1.54, 1.807) is 0 Å². The molecule has 2 aromatic carbocycles. The highest BCUT2D eigenvalue weighted by Gasteiger charge is 2.15. The number of nitrogens with zero attached hydrogens (tertiary/aromatic N) is 1. The van der Waals surface area contributed by atoms with Crippen molar-refractivity contribution in [2.45, 2.75) is 26.2 Å². The van der Waals surface area contributed by atoms with Crippen LogP contribution in [0.25, 0.3) is 22.2 Å². The van der Waals surface area contributed by atoms with E-state index in [4.69, 9.17) is 17.3 Å². The van der Waals surface area contributed by atoms with Gasteiger partial charge in [-0.25, -0.2) is 0 Å². The van der Waals surface area contributed by atoms with E-state index in [9.17, 15) is 0 Å². The maximum absolute atomic E-state index is 6.33. The first-order chi connectivity index (χ1) is 12.0. The van der Waals surface area contributed by atoms with Crippen LogP contribution in [0.3, 0.4) is 0 Å². The van der Waals surface area contributed by atoms with E-state index in [0.29, 0.717) is 0 Å². The first-order valence-corrected chi connectivity index (χ1v) is 9.17. The third-order valence-corrected chi connectivity index (χ3v) is 4.95. The summed E-state index contributed by atoms with van der Waals surface area (Å²) in [7, 11) is 4.11. The van der Waals surface area contributed by atoms with Crippen LogP contribution in [0, 0.1) is 6.92 Å². The van der Waals surface area contributed by atoms with E-state index >= 15 is 0 Å². The molecular formula is C21H26ClN3. The van der Waals surface area contributed by atoms with Crippen LogP contribution in [0.5, 0.6) is 0 Å². The molecule has 0 aliphatic rings. The van der Waals surface area contributed by atoms with Gasteiger partial charge in [-0.15, -0.1) is 0 Å². The normalized spacial score (nSPS) is 11.2. The molecule has 0 spiro atoms. The topological polar surface area (TPSA) is 45.0 Å². The molecule has 0 aliphatic carbocycles. The van der Waals surface area contributed by atoms with Crippen molar-refractivity contribution in [2.75, 3.05) is 25.5 Å². The third-order valence-electron chi connectivity index (χ3n) is 4.73. The Balaban J connectivity index is 2.12. The van der Waals surface area contributed by atoms with Crippen LogP contribution in [0.1, 0.15) is 24.0 Å². The maximum Gasteiger partial charge on any atom is 0.0497 e. The van der Waals surface area contributed by atoms with E-state index < -0.39 is 0 Å². The number of halogens is 1. The second kappa shape index (κ2) is 7.51. The fourth-order valence-electron chi connectivity index (χ4n) is 3.36. The summed E-state index contributed by atoms with van der Waals surface area (Å²) in [5, 5.41) is 2.02. The van der Waals surface area contributed by atoms with Gasteiger partial charge in [0.25, 0.3) is 0 Å². The number of aryl methyl sites for hydroxylation is 2. The molecule has 4 heteroatoms. The van der Waals surface area contributed by atoms with Gasteiger partial charge >= 0.3 is 0 Å². The summed E-state index contributed by atoms with van der Waals surface area (Å²) < 4.78 is 0. The minimum atomic E-state index is 0.731. The molecule has 0 bridgehead atoms. The predicted octanol–water partition coefficient (Wildman–Crippen LogP) is 5.14. The highest BCUT2D eigenvalue weighted by atomic mass is 35.5. The van der Waals surface area contributed by atoms with Gasteiger partial charge in [-0.2, -0.15) is 0 Å². The number of aromatic amines is 1. The molecule has 3 aromatic rings.